The van der Waals surface area contributed by atoms with E-state index in [1.807, 2.05) is 36.4 Å². The lowest BCUT2D eigenvalue weighted by atomic mass is 10.2. The maximum Gasteiger partial charge on any atom is 0.293 e. The van der Waals surface area contributed by atoms with Crippen LogP contribution in [0.5, 0.6) is 5.75 Å². The molecule has 2 heterocycles. The van der Waals surface area contributed by atoms with Crippen LogP contribution in [0.4, 0.5) is 5.13 Å². The first-order valence-electron chi connectivity index (χ1n) is 6.98. The van der Waals surface area contributed by atoms with Crippen molar-refractivity contribution in [2.24, 2.45) is 0 Å². The molecule has 0 fully saturated rings. The van der Waals surface area contributed by atoms with Crippen molar-refractivity contribution in [3.8, 4) is 5.75 Å². The molecule has 1 amide bonds. The van der Waals surface area contributed by atoms with E-state index in [1.54, 1.807) is 19.2 Å². The molecule has 4 aromatic rings. The lowest BCUT2D eigenvalue weighted by Crippen LogP contribution is -2.10. The summed E-state index contributed by atoms with van der Waals surface area (Å²) in [7, 11) is 1.57. The van der Waals surface area contributed by atoms with Crippen molar-refractivity contribution < 1.29 is 13.9 Å². The molecule has 4 rings (SSSR count). The van der Waals surface area contributed by atoms with E-state index in [-0.39, 0.29) is 11.7 Å². The van der Waals surface area contributed by atoms with Gasteiger partial charge in [0, 0.05) is 5.39 Å². The highest BCUT2D eigenvalue weighted by Gasteiger charge is 2.16. The zero-order valence-corrected chi connectivity index (χ0v) is 13.0. The molecule has 23 heavy (non-hydrogen) atoms. The van der Waals surface area contributed by atoms with Crippen LogP contribution in [0.1, 0.15) is 10.6 Å². The van der Waals surface area contributed by atoms with E-state index in [9.17, 15) is 4.79 Å². The van der Waals surface area contributed by atoms with Crippen molar-refractivity contribution in [1.29, 1.82) is 0 Å². The molecule has 6 heteroatoms. The van der Waals surface area contributed by atoms with Gasteiger partial charge < -0.3 is 9.15 Å². The average Bonchev–Trinajstić information content (AvgIpc) is 3.17. The minimum atomic E-state index is -0.331. The number of aromatic nitrogens is 1. The topological polar surface area (TPSA) is 64.4 Å². The van der Waals surface area contributed by atoms with Crippen LogP contribution in [0, 0.1) is 0 Å². The predicted octanol–water partition coefficient (Wildman–Crippen LogP) is 4.30. The molecule has 2 aromatic heterocycles. The summed E-state index contributed by atoms with van der Waals surface area (Å²) < 4.78 is 11.9. The Morgan fingerprint density at radius 1 is 1.22 bits per heavy atom. The smallest absolute Gasteiger partial charge is 0.293 e. The van der Waals surface area contributed by atoms with E-state index < -0.39 is 0 Å². The number of para-hydroxylation sites is 2. The van der Waals surface area contributed by atoms with Crippen LogP contribution < -0.4 is 10.1 Å². The van der Waals surface area contributed by atoms with E-state index in [0.29, 0.717) is 16.5 Å². The summed E-state index contributed by atoms with van der Waals surface area (Å²) in [6, 6.07) is 14.9. The van der Waals surface area contributed by atoms with Crippen molar-refractivity contribution in [1.82, 2.24) is 4.98 Å². The van der Waals surface area contributed by atoms with Crippen LogP contribution in [-0.4, -0.2) is 18.0 Å². The van der Waals surface area contributed by atoms with Crippen molar-refractivity contribution in [2.75, 3.05) is 12.4 Å². The Morgan fingerprint density at radius 3 is 2.91 bits per heavy atom. The fraction of sp³-hybridized carbons (Fsp3) is 0.0588. The standard InChI is InChI=1S/C17H12N2O3S/c1-21-12-7-4-5-10-9-13(22-15(10)12)16(20)19-17-18-11-6-2-3-8-14(11)23-17/h2-9H,1H3,(H,18,19,20). The maximum atomic E-state index is 12.4. The number of ether oxygens (including phenoxy) is 1. The van der Waals surface area contributed by atoms with Gasteiger partial charge in [-0.15, -0.1) is 0 Å². The van der Waals surface area contributed by atoms with Gasteiger partial charge in [0.15, 0.2) is 22.2 Å². The molecule has 0 atom stereocenters. The molecule has 0 aliphatic heterocycles. The number of hydrogen-bond acceptors (Lipinski definition) is 5. The van der Waals surface area contributed by atoms with Gasteiger partial charge in [0.05, 0.1) is 17.3 Å². The monoisotopic (exact) mass is 324 g/mol. The second-order valence-electron chi connectivity index (χ2n) is 4.93. The van der Waals surface area contributed by atoms with Crippen LogP contribution in [0.2, 0.25) is 0 Å². The number of carbonyl (C=O) groups is 1. The zero-order chi connectivity index (χ0) is 15.8. The summed E-state index contributed by atoms with van der Waals surface area (Å²) in [5, 5.41) is 4.14. The molecule has 0 radical (unpaired) electrons. The van der Waals surface area contributed by atoms with Gasteiger partial charge in [-0.2, -0.15) is 0 Å². The molecule has 5 nitrogen and oxygen atoms in total. The number of benzene rings is 2. The summed E-state index contributed by atoms with van der Waals surface area (Å²) in [5.74, 6) is 0.493. The van der Waals surface area contributed by atoms with E-state index in [4.69, 9.17) is 9.15 Å². The fourth-order valence-electron chi connectivity index (χ4n) is 2.39. The summed E-state index contributed by atoms with van der Waals surface area (Å²) >= 11 is 1.43. The van der Waals surface area contributed by atoms with Crippen molar-refractivity contribution in [2.45, 2.75) is 0 Å². The Hall–Kier alpha value is -2.86. The molecule has 0 spiro atoms. The number of thiazole rings is 1. The third-order valence-electron chi connectivity index (χ3n) is 3.47. The Labute approximate surface area is 135 Å². The number of furan rings is 1. The molecule has 0 unspecified atom stereocenters. The van der Waals surface area contributed by atoms with Gasteiger partial charge in [-0.3, -0.25) is 10.1 Å². The first-order valence-corrected chi connectivity index (χ1v) is 7.80. The van der Waals surface area contributed by atoms with Crippen LogP contribution in [0.3, 0.4) is 0 Å². The lowest BCUT2D eigenvalue weighted by molar-refractivity contribution is 0.0998. The number of methoxy groups -OCH3 is 1. The molecular formula is C17H12N2O3S. The van der Waals surface area contributed by atoms with Crippen LogP contribution >= 0.6 is 11.3 Å². The summed E-state index contributed by atoms with van der Waals surface area (Å²) in [6.07, 6.45) is 0. The van der Waals surface area contributed by atoms with E-state index in [0.717, 1.165) is 15.6 Å². The number of nitrogens with one attached hydrogen (secondary N) is 1. The molecule has 2 aromatic carbocycles. The minimum Gasteiger partial charge on any atom is -0.493 e. The van der Waals surface area contributed by atoms with Gasteiger partial charge in [-0.1, -0.05) is 35.6 Å². The third kappa shape index (κ3) is 2.43. The summed E-state index contributed by atoms with van der Waals surface area (Å²) in [6.45, 7) is 0. The Bertz CT molecular complexity index is 986. The number of hydrogen-bond donors (Lipinski definition) is 1. The van der Waals surface area contributed by atoms with Gasteiger partial charge in [0.1, 0.15) is 0 Å². The average molecular weight is 324 g/mol. The van der Waals surface area contributed by atoms with Gasteiger partial charge >= 0.3 is 0 Å². The third-order valence-corrected chi connectivity index (χ3v) is 4.42. The molecule has 0 saturated carbocycles. The van der Waals surface area contributed by atoms with E-state index in [1.165, 1.54) is 11.3 Å². The molecule has 114 valence electrons. The fourth-order valence-corrected chi connectivity index (χ4v) is 3.25. The normalized spacial score (nSPS) is 11.0. The summed E-state index contributed by atoms with van der Waals surface area (Å²) in [5.41, 5.74) is 1.42. The van der Waals surface area contributed by atoms with Crippen molar-refractivity contribution in [3.63, 3.8) is 0 Å². The number of amides is 1. The highest BCUT2D eigenvalue weighted by Crippen LogP contribution is 2.30. The Balaban J connectivity index is 1.66. The number of carbonyl (C=O) groups excluding carboxylic acids is 1. The molecular weight excluding hydrogens is 312 g/mol. The number of anilines is 1. The van der Waals surface area contributed by atoms with Gasteiger partial charge in [-0.25, -0.2) is 4.98 Å². The molecule has 0 aliphatic rings. The zero-order valence-electron chi connectivity index (χ0n) is 12.2. The largest absolute Gasteiger partial charge is 0.493 e. The molecule has 0 bridgehead atoms. The summed E-state index contributed by atoms with van der Waals surface area (Å²) in [4.78, 5) is 16.8. The second-order valence-corrected chi connectivity index (χ2v) is 5.96. The first-order chi connectivity index (χ1) is 11.2. The molecule has 0 aliphatic carbocycles. The van der Waals surface area contributed by atoms with E-state index >= 15 is 0 Å². The minimum absolute atomic E-state index is 0.226. The van der Waals surface area contributed by atoms with E-state index in [2.05, 4.69) is 10.3 Å². The SMILES string of the molecule is COc1cccc2cc(C(=O)Nc3nc4ccccc4s3)oc12. The van der Waals surface area contributed by atoms with Crippen LogP contribution in [0.15, 0.2) is 52.9 Å². The highest BCUT2D eigenvalue weighted by molar-refractivity contribution is 7.22. The highest BCUT2D eigenvalue weighted by atomic mass is 32.1. The molecule has 1 N–H and O–H groups in total. The predicted molar refractivity (Wildman–Crippen MR) is 90.3 cm³/mol. The Kier molecular flexibility index (Phi) is 3.24. The number of fused-ring (bicyclic) bond motifs is 2. The van der Waals surface area contributed by atoms with Crippen molar-refractivity contribution in [3.05, 3.63) is 54.3 Å². The van der Waals surface area contributed by atoms with Gasteiger partial charge in [0.2, 0.25) is 0 Å². The van der Waals surface area contributed by atoms with Crippen molar-refractivity contribution >= 4 is 43.6 Å². The maximum absolute atomic E-state index is 12.4. The number of nitrogens with zero attached hydrogens (tertiary/aromatic N) is 1. The van der Waals surface area contributed by atoms with Gasteiger partial charge in [0.25, 0.3) is 5.91 Å². The Morgan fingerprint density at radius 2 is 2.09 bits per heavy atom. The quantitative estimate of drug-likeness (QED) is 0.610. The van der Waals surface area contributed by atoms with Crippen LogP contribution in [-0.2, 0) is 0 Å². The van der Waals surface area contributed by atoms with Gasteiger partial charge in [-0.05, 0) is 24.3 Å². The number of rotatable bonds is 3. The lowest BCUT2D eigenvalue weighted by Gasteiger charge is -1.99. The van der Waals surface area contributed by atoms with Crippen LogP contribution in [0.25, 0.3) is 21.2 Å². The molecule has 0 saturated heterocycles. The first kappa shape index (κ1) is 13.8. The second kappa shape index (κ2) is 5.40.